The van der Waals surface area contributed by atoms with Crippen LogP contribution >= 0.6 is 0 Å². The molecule has 0 unspecified atom stereocenters. The highest BCUT2D eigenvalue weighted by molar-refractivity contribution is 6.01. The number of ether oxygens (including phenoxy) is 1. The Kier molecular flexibility index (Phi) is 5.93. The van der Waals surface area contributed by atoms with Crippen molar-refractivity contribution in [3.63, 3.8) is 0 Å². The van der Waals surface area contributed by atoms with Gasteiger partial charge in [-0.15, -0.1) is 0 Å². The second-order valence-corrected chi connectivity index (χ2v) is 13.8. The molecule has 198 valence electrons. The van der Waals surface area contributed by atoms with E-state index in [9.17, 15) is 0 Å². The molecule has 4 heteroatoms. The SMILES string of the molecule is CCC(CC)(CC)COc1cc(C(C)(C)C)cc2c1nc1c3cccnc3c3c(n21)C(C)(C)CC3(C)C. The Hall–Kier alpha value is -2.62. The summed E-state index contributed by atoms with van der Waals surface area (Å²) in [7, 11) is 0. The highest BCUT2D eigenvalue weighted by Gasteiger charge is 2.46. The van der Waals surface area contributed by atoms with Gasteiger partial charge in [-0.2, -0.15) is 0 Å². The summed E-state index contributed by atoms with van der Waals surface area (Å²) in [5.41, 5.74) is 8.40. The molecular weight excluding hydrogens is 454 g/mol. The monoisotopic (exact) mass is 499 g/mol. The van der Waals surface area contributed by atoms with Gasteiger partial charge in [0.05, 0.1) is 17.6 Å². The molecule has 0 saturated heterocycles. The molecule has 3 aromatic heterocycles. The molecule has 0 N–H and O–H groups in total. The molecule has 0 radical (unpaired) electrons. The molecule has 0 saturated carbocycles. The summed E-state index contributed by atoms with van der Waals surface area (Å²) in [5, 5.41) is 1.12. The van der Waals surface area contributed by atoms with Crippen LogP contribution in [0, 0.1) is 5.41 Å². The smallest absolute Gasteiger partial charge is 0.147 e. The number of pyridine rings is 2. The first-order valence-corrected chi connectivity index (χ1v) is 14.2. The van der Waals surface area contributed by atoms with Gasteiger partial charge in [0, 0.05) is 33.7 Å². The summed E-state index contributed by atoms with van der Waals surface area (Å²) in [4.78, 5) is 10.3. The van der Waals surface area contributed by atoms with Crippen molar-refractivity contribution >= 4 is 27.6 Å². The van der Waals surface area contributed by atoms with Crippen molar-refractivity contribution in [1.82, 2.24) is 14.4 Å². The molecule has 1 aromatic carbocycles. The van der Waals surface area contributed by atoms with Gasteiger partial charge in [0.1, 0.15) is 16.9 Å². The zero-order chi connectivity index (χ0) is 27.0. The molecular formula is C33H45N3O. The number of hydrogen-bond acceptors (Lipinski definition) is 3. The molecule has 3 heterocycles. The lowest BCUT2D eigenvalue weighted by molar-refractivity contribution is 0.129. The summed E-state index contributed by atoms with van der Waals surface area (Å²) in [5.74, 6) is 0.909. The third-order valence-corrected chi connectivity index (χ3v) is 9.32. The molecule has 0 fully saturated rings. The zero-order valence-corrected chi connectivity index (χ0v) is 24.7. The molecule has 0 spiro atoms. The minimum Gasteiger partial charge on any atom is -0.491 e. The van der Waals surface area contributed by atoms with Crippen molar-refractivity contribution < 1.29 is 4.74 Å². The van der Waals surface area contributed by atoms with Crippen molar-refractivity contribution in [2.75, 3.05) is 6.61 Å². The molecule has 1 aliphatic rings. The maximum atomic E-state index is 6.76. The quantitative estimate of drug-likeness (QED) is 0.266. The third-order valence-electron chi connectivity index (χ3n) is 9.32. The molecule has 0 bridgehead atoms. The predicted octanol–water partition coefficient (Wildman–Crippen LogP) is 8.89. The number of fused-ring (bicyclic) bond motifs is 8. The van der Waals surface area contributed by atoms with E-state index in [-0.39, 0.29) is 21.7 Å². The Morgan fingerprint density at radius 2 is 1.62 bits per heavy atom. The summed E-state index contributed by atoms with van der Waals surface area (Å²) >= 11 is 0. The molecule has 5 rings (SSSR count). The summed E-state index contributed by atoms with van der Waals surface area (Å²) in [6.45, 7) is 23.9. The third kappa shape index (κ3) is 3.94. The Bertz CT molecular complexity index is 1490. The van der Waals surface area contributed by atoms with Gasteiger partial charge in [-0.3, -0.25) is 9.38 Å². The lowest BCUT2D eigenvalue weighted by Gasteiger charge is -2.30. The van der Waals surface area contributed by atoms with E-state index in [0.717, 1.165) is 59.0 Å². The van der Waals surface area contributed by atoms with Crippen molar-refractivity contribution in [3.05, 3.63) is 47.3 Å². The topological polar surface area (TPSA) is 39.4 Å². The van der Waals surface area contributed by atoms with Crippen LogP contribution in [0.5, 0.6) is 5.75 Å². The van der Waals surface area contributed by atoms with Crippen molar-refractivity contribution in [1.29, 1.82) is 0 Å². The van der Waals surface area contributed by atoms with Gasteiger partial charge in [-0.05, 0) is 66.3 Å². The van der Waals surface area contributed by atoms with Gasteiger partial charge >= 0.3 is 0 Å². The van der Waals surface area contributed by atoms with Gasteiger partial charge in [0.25, 0.3) is 0 Å². The van der Waals surface area contributed by atoms with Crippen LogP contribution < -0.4 is 4.74 Å². The van der Waals surface area contributed by atoms with Crippen LogP contribution in [-0.2, 0) is 16.2 Å². The minimum atomic E-state index is -0.00975. The van der Waals surface area contributed by atoms with E-state index in [4.69, 9.17) is 14.7 Å². The van der Waals surface area contributed by atoms with E-state index < -0.39 is 0 Å². The first-order valence-electron chi connectivity index (χ1n) is 14.2. The average Bonchev–Trinajstić information content (AvgIpc) is 3.31. The molecule has 1 aliphatic carbocycles. The average molecular weight is 500 g/mol. The maximum Gasteiger partial charge on any atom is 0.147 e. The second kappa shape index (κ2) is 8.44. The molecule has 0 amide bonds. The van der Waals surface area contributed by atoms with Crippen LogP contribution in [0.4, 0.5) is 0 Å². The fourth-order valence-electron chi connectivity index (χ4n) is 6.95. The van der Waals surface area contributed by atoms with E-state index in [1.54, 1.807) is 0 Å². The number of imidazole rings is 1. The Balaban J connectivity index is 1.90. The maximum absolute atomic E-state index is 6.76. The molecule has 4 nitrogen and oxygen atoms in total. The highest BCUT2D eigenvalue weighted by atomic mass is 16.5. The lowest BCUT2D eigenvalue weighted by Crippen LogP contribution is -2.26. The van der Waals surface area contributed by atoms with Crippen LogP contribution in [-0.4, -0.2) is 21.0 Å². The summed E-state index contributed by atoms with van der Waals surface area (Å²) in [6, 6.07) is 8.83. The van der Waals surface area contributed by atoms with Crippen LogP contribution in [0.2, 0.25) is 0 Å². The number of aromatic nitrogens is 3. The second-order valence-electron chi connectivity index (χ2n) is 13.8. The number of benzene rings is 1. The van der Waals surface area contributed by atoms with Crippen molar-refractivity contribution in [2.45, 2.75) is 111 Å². The van der Waals surface area contributed by atoms with E-state index in [2.05, 4.69) is 91.8 Å². The Labute approximate surface area is 222 Å². The first-order chi connectivity index (χ1) is 17.3. The predicted molar refractivity (Wildman–Crippen MR) is 156 cm³/mol. The van der Waals surface area contributed by atoms with Gasteiger partial charge < -0.3 is 4.74 Å². The van der Waals surface area contributed by atoms with Crippen molar-refractivity contribution in [2.24, 2.45) is 5.41 Å². The van der Waals surface area contributed by atoms with Crippen LogP contribution in [0.3, 0.4) is 0 Å². The molecule has 4 aromatic rings. The Morgan fingerprint density at radius 1 is 0.946 bits per heavy atom. The fourth-order valence-corrected chi connectivity index (χ4v) is 6.95. The van der Waals surface area contributed by atoms with Crippen LogP contribution in [0.25, 0.3) is 27.6 Å². The number of nitrogens with zero attached hydrogens (tertiary/aromatic N) is 3. The van der Waals surface area contributed by atoms with Crippen LogP contribution in [0.15, 0.2) is 30.5 Å². The van der Waals surface area contributed by atoms with Gasteiger partial charge in [-0.1, -0.05) is 69.2 Å². The Morgan fingerprint density at radius 3 is 2.24 bits per heavy atom. The molecule has 0 aliphatic heterocycles. The largest absolute Gasteiger partial charge is 0.491 e. The number of rotatable bonds is 6. The lowest BCUT2D eigenvalue weighted by atomic mass is 9.81. The summed E-state index contributed by atoms with van der Waals surface area (Å²) in [6.07, 6.45) is 6.34. The van der Waals surface area contributed by atoms with E-state index in [0.29, 0.717) is 6.61 Å². The van der Waals surface area contributed by atoms with Gasteiger partial charge in [-0.25, -0.2) is 4.98 Å². The molecule has 0 atom stereocenters. The minimum absolute atomic E-state index is 0.00301. The van der Waals surface area contributed by atoms with E-state index >= 15 is 0 Å². The summed E-state index contributed by atoms with van der Waals surface area (Å²) < 4.78 is 9.21. The van der Waals surface area contributed by atoms with E-state index in [1.807, 2.05) is 12.3 Å². The van der Waals surface area contributed by atoms with Crippen molar-refractivity contribution in [3.8, 4) is 5.75 Å². The highest BCUT2D eigenvalue weighted by Crippen LogP contribution is 2.53. The first kappa shape index (κ1) is 26.0. The normalized spacial score (nSPS) is 17.1. The zero-order valence-electron chi connectivity index (χ0n) is 24.7. The van der Waals surface area contributed by atoms with Gasteiger partial charge in [0.15, 0.2) is 0 Å². The van der Waals surface area contributed by atoms with E-state index in [1.165, 1.54) is 16.8 Å². The molecule has 37 heavy (non-hydrogen) atoms. The number of hydrogen-bond donors (Lipinski definition) is 0. The van der Waals surface area contributed by atoms with Gasteiger partial charge in [0.2, 0.25) is 0 Å². The standard InChI is InChI=1S/C33H45N3O/c1-11-33(12-2,13-3)20-37-24-18-21(30(4,5)6)17-23-27(24)35-29-22-15-14-16-34-26(22)25-28(36(23)29)32(9,10)19-31(25,7)8/h14-18H,11-13,19-20H2,1-10H3. The fraction of sp³-hybridized carbons (Fsp3) is 0.576. The van der Waals surface area contributed by atoms with Crippen LogP contribution in [0.1, 0.15) is 112 Å².